The largest absolute Gasteiger partial charge is 0.481 e. The van der Waals surface area contributed by atoms with Gasteiger partial charge in [-0.3, -0.25) is 4.79 Å². The number of carboxylic acids is 1. The van der Waals surface area contributed by atoms with E-state index >= 15 is 0 Å². The minimum absolute atomic E-state index is 0.0773. The zero-order valence-corrected chi connectivity index (χ0v) is 15.6. The number of anilines is 1. The molecule has 2 amide bonds. The van der Waals surface area contributed by atoms with Gasteiger partial charge in [-0.15, -0.1) is 0 Å². The third-order valence-electron chi connectivity index (χ3n) is 4.28. The molecule has 0 bridgehead atoms. The molecule has 1 aliphatic rings. The third-order valence-corrected chi connectivity index (χ3v) is 5.73. The number of nitrogens with zero attached hydrogens (tertiary/aromatic N) is 1. The first-order valence-electron chi connectivity index (χ1n) is 8.72. The van der Waals surface area contributed by atoms with Crippen LogP contribution in [0, 0.1) is 5.92 Å². The Kier molecular flexibility index (Phi) is 6.98. The Morgan fingerprint density at radius 1 is 1.35 bits per heavy atom. The first kappa shape index (κ1) is 20.2. The molecule has 9 heteroatoms. The summed E-state index contributed by atoms with van der Waals surface area (Å²) < 4.78 is 27.1. The molecule has 0 aromatic heterocycles. The maximum atomic E-state index is 12.4. The number of amides is 2. The zero-order valence-electron chi connectivity index (χ0n) is 14.8. The second-order valence-electron chi connectivity index (χ2n) is 6.33. The van der Waals surface area contributed by atoms with Crippen LogP contribution in [0.5, 0.6) is 0 Å². The number of hydrogen-bond acceptors (Lipinski definition) is 4. The van der Waals surface area contributed by atoms with Gasteiger partial charge < -0.3 is 15.3 Å². The van der Waals surface area contributed by atoms with Gasteiger partial charge in [0.15, 0.2) is 0 Å². The number of urea groups is 1. The molecule has 1 heterocycles. The fourth-order valence-corrected chi connectivity index (χ4v) is 3.89. The lowest BCUT2D eigenvalue weighted by molar-refractivity contribution is -0.143. The molecular weight excluding hydrogens is 358 g/mol. The van der Waals surface area contributed by atoms with Crippen LogP contribution >= 0.6 is 0 Å². The van der Waals surface area contributed by atoms with Crippen molar-refractivity contribution in [3.63, 3.8) is 0 Å². The minimum Gasteiger partial charge on any atom is -0.481 e. The van der Waals surface area contributed by atoms with Gasteiger partial charge in [-0.25, -0.2) is 17.9 Å². The molecule has 0 radical (unpaired) electrons. The molecule has 0 aliphatic carbocycles. The van der Waals surface area contributed by atoms with Gasteiger partial charge in [-0.1, -0.05) is 19.4 Å². The smallest absolute Gasteiger partial charge is 0.321 e. The molecule has 2 rings (SSSR count). The predicted octanol–water partition coefficient (Wildman–Crippen LogP) is 2.09. The SMILES string of the molecule is CCCCNS(=O)(=O)c1cccc(NC(=O)N2CCCC(C(=O)O)C2)c1. The van der Waals surface area contributed by atoms with Gasteiger partial charge in [0.25, 0.3) is 0 Å². The summed E-state index contributed by atoms with van der Waals surface area (Å²) in [6, 6.07) is 5.59. The Bertz CT molecular complexity index is 751. The molecule has 1 saturated heterocycles. The molecule has 1 aromatic carbocycles. The van der Waals surface area contributed by atoms with E-state index in [0.29, 0.717) is 31.6 Å². The van der Waals surface area contributed by atoms with Crippen LogP contribution in [0.2, 0.25) is 0 Å². The van der Waals surface area contributed by atoms with Crippen molar-refractivity contribution in [1.82, 2.24) is 9.62 Å². The molecule has 26 heavy (non-hydrogen) atoms. The predicted molar refractivity (Wildman–Crippen MR) is 97.5 cm³/mol. The van der Waals surface area contributed by atoms with Crippen LogP contribution in [0.3, 0.4) is 0 Å². The van der Waals surface area contributed by atoms with E-state index in [-0.39, 0.29) is 11.4 Å². The maximum absolute atomic E-state index is 12.4. The lowest BCUT2D eigenvalue weighted by Gasteiger charge is -2.30. The molecule has 0 saturated carbocycles. The summed E-state index contributed by atoms with van der Waals surface area (Å²) in [5, 5.41) is 11.8. The molecule has 0 spiro atoms. The summed E-state index contributed by atoms with van der Waals surface area (Å²) in [5.41, 5.74) is 0.353. The lowest BCUT2D eigenvalue weighted by Crippen LogP contribution is -2.44. The Morgan fingerprint density at radius 2 is 2.12 bits per heavy atom. The Balaban J connectivity index is 2.03. The second-order valence-corrected chi connectivity index (χ2v) is 8.10. The Morgan fingerprint density at radius 3 is 2.81 bits per heavy atom. The minimum atomic E-state index is -3.63. The van der Waals surface area contributed by atoms with Crippen LogP contribution < -0.4 is 10.0 Å². The molecular formula is C17H25N3O5S. The van der Waals surface area contributed by atoms with Gasteiger partial charge in [0.2, 0.25) is 10.0 Å². The summed E-state index contributed by atoms with van der Waals surface area (Å²) >= 11 is 0. The van der Waals surface area contributed by atoms with E-state index in [1.807, 2.05) is 6.92 Å². The van der Waals surface area contributed by atoms with Gasteiger partial charge in [0.1, 0.15) is 0 Å². The van der Waals surface area contributed by atoms with Crippen LogP contribution in [0.1, 0.15) is 32.6 Å². The number of unbranched alkanes of at least 4 members (excludes halogenated alkanes) is 1. The number of piperidine rings is 1. The van der Waals surface area contributed by atoms with Crippen molar-refractivity contribution in [3.8, 4) is 0 Å². The second kappa shape index (κ2) is 9.00. The summed E-state index contributed by atoms with van der Waals surface area (Å²) in [4.78, 5) is 25.0. The number of carbonyl (C=O) groups excluding carboxylic acids is 1. The molecule has 1 fully saturated rings. The average Bonchev–Trinajstić information content (AvgIpc) is 2.62. The number of likely N-dealkylation sites (tertiary alicyclic amines) is 1. The Labute approximate surface area is 153 Å². The van der Waals surface area contributed by atoms with Crippen LogP contribution in [-0.2, 0) is 14.8 Å². The molecule has 1 aliphatic heterocycles. The highest BCUT2D eigenvalue weighted by molar-refractivity contribution is 7.89. The molecule has 1 unspecified atom stereocenters. The van der Waals surface area contributed by atoms with Crippen molar-refractivity contribution < 1.29 is 23.1 Å². The first-order valence-corrected chi connectivity index (χ1v) is 10.2. The highest BCUT2D eigenvalue weighted by atomic mass is 32.2. The van der Waals surface area contributed by atoms with Gasteiger partial charge in [-0.2, -0.15) is 0 Å². The van der Waals surface area contributed by atoms with Crippen molar-refractivity contribution in [1.29, 1.82) is 0 Å². The number of hydrogen-bond donors (Lipinski definition) is 3. The van der Waals surface area contributed by atoms with Crippen molar-refractivity contribution in [3.05, 3.63) is 24.3 Å². The van der Waals surface area contributed by atoms with Crippen LogP contribution in [-0.4, -0.2) is 50.1 Å². The number of benzene rings is 1. The topological polar surface area (TPSA) is 116 Å². The number of carboxylic acid groups (broad SMARTS) is 1. The summed E-state index contributed by atoms with van der Waals surface area (Å²) in [7, 11) is -3.63. The van der Waals surface area contributed by atoms with E-state index in [1.54, 1.807) is 12.1 Å². The monoisotopic (exact) mass is 383 g/mol. The average molecular weight is 383 g/mol. The van der Waals surface area contributed by atoms with Crippen LogP contribution in [0.4, 0.5) is 10.5 Å². The quantitative estimate of drug-likeness (QED) is 0.624. The number of rotatable bonds is 7. The van der Waals surface area contributed by atoms with E-state index in [2.05, 4.69) is 10.0 Å². The van der Waals surface area contributed by atoms with E-state index in [4.69, 9.17) is 5.11 Å². The number of nitrogens with one attached hydrogen (secondary N) is 2. The van der Waals surface area contributed by atoms with E-state index in [9.17, 15) is 18.0 Å². The Hall–Kier alpha value is -2.13. The van der Waals surface area contributed by atoms with Crippen molar-refractivity contribution in [2.75, 3.05) is 25.0 Å². The highest BCUT2D eigenvalue weighted by Crippen LogP contribution is 2.19. The maximum Gasteiger partial charge on any atom is 0.321 e. The summed E-state index contributed by atoms with van der Waals surface area (Å²) in [5.74, 6) is -1.47. The fraction of sp³-hybridized carbons (Fsp3) is 0.529. The van der Waals surface area contributed by atoms with Gasteiger partial charge >= 0.3 is 12.0 Å². The summed E-state index contributed by atoms with van der Waals surface area (Å²) in [6.45, 7) is 2.96. The summed E-state index contributed by atoms with van der Waals surface area (Å²) in [6.07, 6.45) is 2.80. The fourth-order valence-electron chi connectivity index (χ4n) is 2.77. The zero-order chi connectivity index (χ0) is 19.2. The highest BCUT2D eigenvalue weighted by Gasteiger charge is 2.28. The number of carbonyl (C=O) groups is 2. The van der Waals surface area contributed by atoms with Gasteiger partial charge in [0.05, 0.1) is 10.8 Å². The number of aliphatic carboxylic acids is 1. The van der Waals surface area contributed by atoms with Gasteiger partial charge in [0, 0.05) is 25.3 Å². The van der Waals surface area contributed by atoms with Gasteiger partial charge in [-0.05, 0) is 37.5 Å². The molecule has 1 atom stereocenters. The lowest BCUT2D eigenvalue weighted by atomic mass is 9.99. The van der Waals surface area contributed by atoms with E-state index in [0.717, 1.165) is 12.8 Å². The van der Waals surface area contributed by atoms with Crippen molar-refractivity contribution in [2.24, 2.45) is 5.92 Å². The standard InChI is InChI=1S/C17H25N3O5S/c1-2-3-9-18-26(24,25)15-8-4-7-14(11-15)19-17(23)20-10-5-6-13(12-20)16(21)22/h4,7-8,11,13,18H,2-3,5-6,9-10,12H2,1H3,(H,19,23)(H,21,22). The normalized spacial score (nSPS) is 17.7. The van der Waals surface area contributed by atoms with E-state index < -0.39 is 27.9 Å². The number of sulfonamides is 1. The van der Waals surface area contributed by atoms with Crippen LogP contribution in [0.15, 0.2) is 29.2 Å². The molecule has 1 aromatic rings. The molecule has 3 N–H and O–H groups in total. The van der Waals surface area contributed by atoms with Crippen molar-refractivity contribution >= 4 is 27.7 Å². The molecule has 8 nitrogen and oxygen atoms in total. The third kappa shape index (κ3) is 5.43. The van der Waals surface area contributed by atoms with E-state index in [1.165, 1.54) is 17.0 Å². The van der Waals surface area contributed by atoms with Crippen LogP contribution in [0.25, 0.3) is 0 Å². The molecule has 144 valence electrons. The van der Waals surface area contributed by atoms with Crippen molar-refractivity contribution in [2.45, 2.75) is 37.5 Å². The first-order chi connectivity index (χ1) is 12.3.